The van der Waals surface area contributed by atoms with Crippen LogP contribution in [0.3, 0.4) is 0 Å². The van der Waals surface area contributed by atoms with Crippen LogP contribution < -0.4 is 16.0 Å². The van der Waals surface area contributed by atoms with Crippen molar-refractivity contribution >= 4 is 12.1 Å². The minimum atomic E-state index is -0.388. The molecule has 0 aromatic carbocycles. The van der Waals surface area contributed by atoms with Crippen molar-refractivity contribution < 1.29 is 9.53 Å². The summed E-state index contributed by atoms with van der Waals surface area (Å²) in [6.45, 7) is 7.54. The molecule has 1 atom stereocenters. The summed E-state index contributed by atoms with van der Waals surface area (Å²) < 4.78 is 4.96. The fraction of sp³-hybridized carbons (Fsp3) is 0.588. The molecule has 0 saturated heterocycles. The molecule has 24 heavy (non-hydrogen) atoms. The smallest absolute Gasteiger partial charge is 0.407 e. The number of carbonyl (C=O) groups is 1. The topological polar surface area (TPSA) is 87.6 Å². The molecule has 1 amide bonds. The summed E-state index contributed by atoms with van der Waals surface area (Å²) in [5, 5.41) is 9.32. The second kappa shape index (κ2) is 11.3. The third-order valence-electron chi connectivity index (χ3n) is 3.26. The number of guanidine groups is 1. The van der Waals surface area contributed by atoms with Gasteiger partial charge in [-0.1, -0.05) is 19.9 Å². The van der Waals surface area contributed by atoms with Gasteiger partial charge in [0.15, 0.2) is 5.96 Å². The van der Waals surface area contributed by atoms with Gasteiger partial charge in [-0.05, 0) is 31.4 Å². The molecule has 7 heteroatoms. The Morgan fingerprint density at radius 2 is 2.12 bits per heavy atom. The number of aromatic nitrogens is 1. The maximum Gasteiger partial charge on any atom is 0.407 e. The number of hydrogen-bond donors (Lipinski definition) is 3. The molecule has 0 aliphatic heterocycles. The van der Waals surface area contributed by atoms with Gasteiger partial charge in [0.2, 0.25) is 0 Å². The number of aliphatic imine (C=N–C) groups is 1. The number of pyridine rings is 1. The summed E-state index contributed by atoms with van der Waals surface area (Å²) in [5.74, 6) is 1.13. The van der Waals surface area contributed by atoms with Crippen LogP contribution in [0, 0.1) is 5.92 Å². The second-order valence-corrected chi connectivity index (χ2v) is 5.82. The molecule has 134 valence electrons. The molecule has 0 radical (unpaired) electrons. The average Bonchev–Trinajstić information content (AvgIpc) is 2.55. The van der Waals surface area contributed by atoms with E-state index < -0.39 is 0 Å². The largest absolute Gasteiger partial charge is 0.450 e. The first kappa shape index (κ1) is 19.7. The molecule has 1 aromatic heterocycles. The van der Waals surface area contributed by atoms with Crippen molar-refractivity contribution in [1.29, 1.82) is 0 Å². The van der Waals surface area contributed by atoms with Gasteiger partial charge in [-0.2, -0.15) is 0 Å². The predicted molar refractivity (Wildman–Crippen MR) is 95.8 cm³/mol. The monoisotopic (exact) mass is 335 g/mol. The molecule has 7 nitrogen and oxygen atoms in total. The molecule has 0 aliphatic carbocycles. The maximum atomic E-state index is 11.6. The van der Waals surface area contributed by atoms with Crippen molar-refractivity contribution in [3.8, 4) is 0 Å². The van der Waals surface area contributed by atoms with Crippen molar-refractivity contribution in [3.63, 3.8) is 0 Å². The predicted octanol–water partition coefficient (Wildman–Crippen LogP) is 1.91. The van der Waals surface area contributed by atoms with Crippen LogP contribution in [0.2, 0.25) is 0 Å². The van der Waals surface area contributed by atoms with Crippen LogP contribution in [-0.4, -0.2) is 43.3 Å². The van der Waals surface area contributed by atoms with E-state index in [1.54, 1.807) is 20.2 Å². The molecule has 1 rings (SSSR count). The number of nitrogens with zero attached hydrogens (tertiary/aromatic N) is 2. The summed E-state index contributed by atoms with van der Waals surface area (Å²) in [6, 6.07) is 5.75. The minimum absolute atomic E-state index is 0.0301. The van der Waals surface area contributed by atoms with E-state index in [4.69, 9.17) is 4.74 Å². The Labute approximate surface area is 144 Å². The lowest BCUT2D eigenvalue weighted by Crippen LogP contribution is -2.47. The number of carbonyl (C=O) groups excluding carboxylic acids is 1. The lowest BCUT2D eigenvalue weighted by atomic mass is 10.0. The normalized spacial score (nSPS) is 12.6. The molecule has 0 bridgehead atoms. The molecule has 1 aromatic rings. The highest BCUT2D eigenvalue weighted by Gasteiger charge is 2.15. The van der Waals surface area contributed by atoms with Crippen LogP contribution >= 0.6 is 0 Å². The van der Waals surface area contributed by atoms with Gasteiger partial charge in [-0.15, -0.1) is 0 Å². The van der Waals surface area contributed by atoms with E-state index in [0.29, 0.717) is 31.6 Å². The first-order valence-corrected chi connectivity index (χ1v) is 8.32. The zero-order valence-electron chi connectivity index (χ0n) is 15.0. The summed E-state index contributed by atoms with van der Waals surface area (Å²) in [4.78, 5) is 20.1. The van der Waals surface area contributed by atoms with Crippen molar-refractivity contribution in [2.24, 2.45) is 10.9 Å². The zero-order valence-corrected chi connectivity index (χ0v) is 15.0. The van der Waals surface area contributed by atoms with Gasteiger partial charge >= 0.3 is 6.09 Å². The number of amides is 1. The van der Waals surface area contributed by atoms with E-state index >= 15 is 0 Å². The number of nitrogens with one attached hydrogen (secondary N) is 3. The Balaban J connectivity index is 2.48. The third kappa shape index (κ3) is 8.36. The van der Waals surface area contributed by atoms with Crippen molar-refractivity contribution in [1.82, 2.24) is 20.9 Å². The van der Waals surface area contributed by atoms with E-state index in [-0.39, 0.29) is 12.1 Å². The van der Waals surface area contributed by atoms with Crippen LogP contribution in [0.5, 0.6) is 0 Å². The van der Waals surface area contributed by atoms with Gasteiger partial charge in [0.25, 0.3) is 0 Å². The number of alkyl carbamates (subject to hydrolysis) is 1. The Bertz CT molecular complexity index is 505. The molecule has 1 heterocycles. The van der Waals surface area contributed by atoms with E-state index in [1.807, 2.05) is 18.2 Å². The first-order chi connectivity index (χ1) is 11.5. The highest BCUT2D eigenvalue weighted by molar-refractivity contribution is 5.79. The average molecular weight is 335 g/mol. The lowest BCUT2D eigenvalue weighted by Gasteiger charge is -2.22. The van der Waals surface area contributed by atoms with Gasteiger partial charge in [-0.25, -0.2) is 4.79 Å². The lowest BCUT2D eigenvalue weighted by molar-refractivity contribution is 0.146. The van der Waals surface area contributed by atoms with Gasteiger partial charge < -0.3 is 20.7 Å². The van der Waals surface area contributed by atoms with Crippen LogP contribution in [0.15, 0.2) is 29.4 Å². The third-order valence-corrected chi connectivity index (χ3v) is 3.26. The number of ether oxygens (including phenoxy) is 1. The van der Waals surface area contributed by atoms with Gasteiger partial charge in [0.05, 0.1) is 18.8 Å². The van der Waals surface area contributed by atoms with Crippen LogP contribution in [-0.2, 0) is 11.3 Å². The standard InChI is InChI=1S/C17H29N5O2/c1-5-24-17(23)22-15(10-13(2)3)12-21-16(18-4)20-11-14-8-6-7-9-19-14/h6-9,13,15H,5,10-12H2,1-4H3,(H,22,23)(H2,18,20,21). The van der Waals surface area contributed by atoms with Crippen molar-refractivity contribution in [2.75, 3.05) is 20.2 Å². The van der Waals surface area contributed by atoms with Gasteiger partial charge in [0, 0.05) is 25.8 Å². The Morgan fingerprint density at radius 1 is 1.33 bits per heavy atom. The molecule has 3 N–H and O–H groups in total. The summed E-state index contributed by atoms with van der Waals surface area (Å²) in [5.41, 5.74) is 0.934. The van der Waals surface area contributed by atoms with E-state index in [9.17, 15) is 4.79 Å². The number of hydrogen-bond acceptors (Lipinski definition) is 4. The molecule has 0 saturated carbocycles. The van der Waals surface area contributed by atoms with Crippen LogP contribution in [0.4, 0.5) is 4.79 Å². The Hall–Kier alpha value is -2.31. The first-order valence-electron chi connectivity index (χ1n) is 8.32. The SMILES string of the molecule is CCOC(=O)NC(CNC(=NC)NCc1ccccn1)CC(C)C. The van der Waals surface area contributed by atoms with Crippen molar-refractivity contribution in [3.05, 3.63) is 30.1 Å². The molecule has 0 fully saturated rings. The van der Waals surface area contributed by atoms with E-state index in [2.05, 4.69) is 39.8 Å². The molecular weight excluding hydrogens is 306 g/mol. The maximum absolute atomic E-state index is 11.6. The molecule has 1 unspecified atom stereocenters. The van der Waals surface area contributed by atoms with E-state index in [1.165, 1.54) is 0 Å². The van der Waals surface area contributed by atoms with E-state index in [0.717, 1.165) is 12.1 Å². The summed E-state index contributed by atoms with van der Waals surface area (Å²) in [7, 11) is 1.71. The molecule has 0 spiro atoms. The van der Waals surface area contributed by atoms with Crippen LogP contribution in [0.1, 0.15) is 32.9 Å². The minimum Gasteiger partial charge on any atom is -0.450 e. The molecule has 0 aliphatic rings. The van der Waals surface area contributed by atoms with Crippen molar-refractivity contribution in [2.45, 2.75) is 39.8 Å². The van der Waals surface area contributed by atoms with Gasteiger partial charge in [0.1, 0.15) is 0 Å². The second-order valence-electron chi connectivity index (χ2n) is 5.82. The fourth-order valence-electron chi connectivity index (χ4n) is 2.22. The number of rotatable bonds is 8. The summed E-state index contributed by atoms with van der Waals surface area (Å²) >= 11 is 0. The Morgan fingerprint density at radius 3 is 2.71 bits per heavy atom. The van der Waals surface area contributed by atoms with Gasteiger partial charge in [-0.3, -0.25) is 9.98 Å². The molecular formula is C17H29N5O2. The quantitative estimate of drug-likeness (QED) is 0.499. The Kier molecular flexibility index (Phi) is 9.26. The summed E-state index contributed by atoms with van der Waals surface area (Å²) in [6.07, 6.45) is 2.22. The van der Waals surface area contributed by atoms with Crippen LogP contribution in [0.25, 0.3) is 0 Å². The zero-order chi connectivity index (χ0) is 17.8. The highest BCUT2D eigenvalue weighted by Crippen LogP contribution is 2.04. The highest BCUT2D eigenvalue weighted by atomic mass is 16.5. The fourth-order valence-corrected chi connectivity index (χ4v) is 2.22.